The standard InChI is InChI=1S/C24H17FN4O/c1-15-12-21-22(14-20(15)26-24(30)17-8-4-9-18(25)13-17)28-29(27-21)23-11-5-7-16-6-2-3-10-19(16)23/h2-14H,1H3,(H,26,30). The SMILES string of the molecule is Cc1cc2nn(-c3cccc4ccccc34)nc2cc1NC(=O)c1cccc(F)c1. The molecule has 0 aliphatic rings. The Balaban J connectivity index is 1.54. The lowest BCUT2D eigenvalue weighted by Gasteiger charge is -2.08. The van der Waals surface area contributed by atoms with Gasteiger partial charge in [-0.15, -0.1) is 15.0 Å². The van der Waals surface area contributed by atoms with Crippen molar-refractivity contribution < 1.29 is 9.18 Å². The molecule has 5 aromatic rings. The fourth-order valence-corrected chi connectivity index (χ4v) is 3.52. The highest BCUT2D eigenvalue weighted by Crippen LogP contribution is 2.25. The van der Waals surface area contributed by atoms with E-state index in [1.54, 1.807) is 16.9 Å². The van der Waals surface area contributed by atoms with Gasteiger partial charge in [0.05, 0.1) is 5.69 Å². The minimum Gasteiger partial charge on any atom is -0.322 e. The highest BCUT2D eigenvalue weighted by atomic mass is 19.1. The van der Waals surface area contributed by atoms with E-state index < -0.39 is 5.82 Å². The highest BCUT2D eigenvalue weighted by molar-refractivity contribution is 6.05. The van der Waals surface area contributed by atoms with Crippen molar-refractivity contribution in [2.45, 2.75) is 6.92 Å². The van der Waals surface area contributed by atoms with E-state index in [2.05, 4.69) is 15.5 Å². The molecule has 0 saturated carbocycles. The van der Waals surface area contributed by atoms with E-state index >= 15 is 0 Å². The summed E-state index contributed by atoms with van der Waals surface area (Å²) in [7, 11) is 0. The first-order chi connectivity index (χ1) is 14.6. The molecule has 0 radical (unpaired) electrons. The number of benzene rings is 4. The lowest BCUT2D eigenvalue weighted by atomic mass is 10.1. The van der Waals surface area contributed by atoms with Gasteiger partial charge in [-0.25, -0.2) is 4.39 Å². The third kappa shape index (κ3) is 3.18. The number of hydrogen-bond donors (Lipinski definition) is 1. The van der Waals surface area contributed by atoms with Gasteiger partial charge < -0.3 is 5.32 Å². The second kappa shape index (κ2) is 7.08. The second-order valence-electron chi connectivity index (χ2n) is 7.11. The van der Waals surface area contributed by atoms with Crippen LogP contribution in [0.15, 0.2) is 78.9 Å². The van der Waals surface area contributed by atoms with Gasteiger partial charge in [-0.05, 0) is 54.3 Å². The van der Waals surface area contributed by atoms with E-state index in [0.717, 1.165) is 27.5 Å². The summed E-state index contributed by atoms with van der Waals surface area (Å²) in [5.74, 6) is -0.828. The van der Waals surface area contributed by atoms with Crippen molar-refractivity contribution >= 4 is 33.4 Å². The molecule has 0 saturated heterocycles. The van der Waals surface area contributed by atoms with E-state index in [1.165, 1.54) is 18.2 Å². The Kier molecular flexibility index (Phi) is 4.25. The van der Waals surface area contributed by atoms with Crippen LogP contribution in [0.5, 0.6) is 0 Å². The second-order valence-corrected chi connectivity index (χ2v) is 7.11. The molecule has 0 aliphatic carbocycles. The van der Waals surface area contributed by atoms with Crippen molar-refractivity contribution in [1.82, 2.24) is 15.0 Å². The monoisotopic (exact) mass is 396 g/mol. The summed E-state index contributed by atoms with van der Waals surface area (Å²) in [6.45, 7) is 1.89. The molecule has 5 rings (SSSR count). The molecule has 4 aromatic carbocycles. The van der Waals surface area contributed by atoms with Gasteiger partial charge in [0.2, 0.25) is 0 Å². The Hall–Kier alpha value is -4.06. The number of nitrogens with zero attached hydrogens (tertiary/aromatic N) is 3. The van der Waals surface area contributed by atoms with Crippen LogP contribution in [-0.4, -0.2) is 20.9 Å². The maximum Gasteiger partial charge on any atom is 0.255 e. The molecule has 1 heterocycles. The van der Waals surface area contributed by atoms with Crippen LogP contribution < -0.4 is 5.32 Å². The van der Waals surface area contributed by atoms with Crippen molar-refractivity contribution in [1.29, 1.82) is 0 Å². The van der Waals surface area contributed by atoms with Gasteiger partial charge >= 0.3 is 0 Å². The van der Waals surface area contributed by atoms with Crippen molar-refractivity contribution in [3.05, 3.63) is 95.8 Å². The molecule has 1 aromatic heterocycles. The maximum atomic E-state index is 13.4. The number of rotatable bonds is 3. The summed E-state index contributed by atoms with van der Waals surface area (Å²) < 4.78 is 13.4. The lowest BCUT2D eigenvalue weighted by molar-refractivity contribution is 0.102. The summed E-state index contributed by atoms with van der Waals surface area (Å²) >= 11 is 0. The van der Waals surface area contributed by atoms with E-state index in [1.807, 2.05) is 55.5 Å². The van der Waals surface area contributed by atoms with Gasteiger partial charge in [-0.3, -0.25) is 4.79 Å². The Morgan fingerprint density at radius 3 is 2.47 bits per heavy atom. The zero-order valence-corrected chi connectivity index (χ0v) is 16.1. The first-order valence-electron chi connectivity index (χ1n) is 9.51. The molecule has 6 heteroatoms. The van der Waals surface area contributed by atoms with Crippen LogP contribution in [0.1, 0.15) is 15.9 Å². The predicted octanol–water partition coefficient (Wildman–Crippen LogP) is 5.27. The average molecular weight is 396 g/mol. The van der Waals surface area contributed by atoms with Crippen molar-refractivity contribution in [2.24, 2.45) is 0 Å². The van der Waals surface area contributed by atoms with Crippen LogP contribution in [0, 0.1) is 12.7 Å². The molecule has 146 valence electrons. The number of anilines is 1. The van der Waals surface area contributed by atoms with E-state index in [9.17, 15) is 9.18 Å². The smallest absolute Gasteiger partial charge is 0.255 e. The van der Waals surface area contributed by atoms with Crippen molar-refractivity contribution in [3.63, 3.8) is 0 Å². The van der Waals surface area contributed by atoms with Gasteiger partial charge in [-0.1, -0.05) is 42.5 Å². The number of aryl methyl sites for hydroxylation is 1. The Morgan fingerprint density at radius 1 is 0.900 bits per heavy atom. The molecule has 0 aliphatic heterocycles. The van der Waals surface area contributed by atoms with Crippen LogP contribution >= 0.6 is 0 Å². The normalized spacial score (nSPS) is 11.1. The third-order valence-electron chi connectivity index (χ3n) is 5.04. The molecule has 1 amide bonds. The molecule has 0 unspecified atom stereocenters. The third-order valence-corrected chi connectivity index (χ3v) is 5.04. The Morgan fingerprint density at radius 2 is 1.63 bits per heavy atom. The summed E-state index contributed by atoms with van der Waals surface area (Å²) in [5, 5.41) is 14.3. The first kappa shape index (κ1) is 18.0. The number of aromatic nitrogens is 3. The first-order valence-corrected chi connectivity index (χ1v) is 9.51. The Bertz CT molecular complexity index is 1420. The van der Waals surface area contributed by atoms with Gasteiger partial charge in [-0.2, -0.15) is 0 Å². The quantitative estimate of drug-likeness (QED) is 0.452. The summed E-state index contributed by atoms with van der Waals surface area (Å²) in [4.78, 5) is 14.1. The Labute approximate surface area is 171 Å². The molecular formula is C24H17FN4O. The minimum absolute atomic E-state index is 0.258. The molecule has 0 spiro atoms. The number of carbonyl (C=O) groups is 1. The molecule has 0 atom stereocenters. The van der Waals surface area contributed by atoms with Gasteiger partial charge in [0.25, 0.3) is 5.91 Å². The zero-order chi connectivity index (χ0) is 20.7. The summed E-state index contributed by atoms with van der Waals surface area (Å²) in [6, 6.07) is 23.3. The van der Waals surface area contributed by atoms with E-state index in [0.29, 0.717) is 11.2 Å². The number of halogens is 1. The summed E-state index contributed by atoms with van der Waals surface area (Å²) in [6.07, 6.45) is 0. The van der Waals surface area contributed by atoms with Gasteiger partial charge in [0.1, 0.15) is 16.9 Å². The summed E-state index contributed by atoms with van der Waals surface area (Å²) in [5.41, 5.74) is 3.98. The van der Waals surface area contributed by atoms with Crippen LogP contribution in [0.3, 0.4) is 0 Å². The van der Waals surface area contributed by atoms with Crippen molar-refractivity contribution in [2.75, 3.05) is 5.32 Å². The topological polar surface area (TPSA) is 59.8 Å². The molecule has 0 bridgehead atoms. The van der Waals surface area contributed by atoms with Crippen LogP contribution in [0.25, 0.3) is 27.5 Å². The van der Waals surface area contributed by atoms with Crippen LogP contribution in [0.4, 0.5) is 10.1 Å². The maximum absolute atomic E-state index is 13.4. The molecule has 0 fully saturated rings. The van der Waals surface area contributed by atoms with Crippen LogP contribution in [0.2, 0.25) is 0 Å². The molecule has 30 heavy (non-hydrogen) atoms. The number of carbonyl (C=O) groups excluding carboxylic acids is 1. The zero-order valence-electron chi connectivity index (χ0n) is 16.1. The molecular weight excluding hydrogens is 379 g/mol. The predicted molar refractivity (Wildman–Crippen MR) is 115 cm³/mol. The van der Waals surface area contributed by atoms with Crippen molar-refractivity contribution in [3.8, 4) is 5.69 Å². The number of nitrogens with one attached hydrogen (secondary N) is 1. The van der Waals surface area contributed by atoms with Gasteiger partial charge in [0, 0.05) is 16.6 Å². The molecule has 1 N–H and O–H groups in total. The van der Waals surface area contributed by atoms with E-state index in [-0.39, 0.29) is 11.5 Å². The molecule has 5 nitrogen and oxygen atoms in total. The largest absolute Gasteiger partial charge is 0.322 e. The fraction of sp³-hybridized carbons (Fsp3) is 0.0417. The minimum atomic E-state index is -0.451. The fourth-order valence-electron chi connectivity index (χ4n) is 3.52. The highest BCUT2D eigenvalue weighted by Gasteiger charge is 2.13. The number of hydrogen-bond acceptors (Lipinski definition) is 3. The average Bonchev–Trinajstić information content (AvgIpc) is 3.16. The van der Waals surface area contributed by atoms with Gasteiger partial charge in [0.15, 0.2) is 0 Å². The number of fused-ring (bicyclic) bond motifs is 2. The lowest BCUT2D eigenvalue weighted by Crippen LogP contribution is -2.12. The van der Waals surface area contributed by atoms with Crippen LogP contribution in [-0.2, 0) is 0 Å². The number of amides is 1. The van der Waals surface area contributed by atoms with E-state index in [4.69, 9.17) is 0 Å².